The summed E-state index contributed by atoms with van der Waals surface area (Å²) in [5.74, 6) is -0.866. The van der Waals surface area contributed by atoms with E-state index in [0.717, 1.165) is 145 Å². The lowest BCUT2D eigenvalue weighted by Crippen LogP contribution is -2.41. The molecule has 5 aromatic heterocycles. The number of carboxylic acids is 1. The maximum Gasteiger partial charge on any atom is 0.354 e. The number of ketones is 1. The van der Waals surface area contributed by atoms with Gasteiger partial charge in [0.1, 0.15) is 17.1 Å². The first kappa shape index (κ1) is 66.9. The van der Waals surface area contributed by atoms with Crippen molar-refractivity contribution < 1.29 is 42.6 Å². The normalized spacial score (nSPS) is 17.1. The van der Waals surface area contributed by atoms with Gasteiger partial charge in [0.15, 0.2) is 5.78 Å². The Morgan fingerprint density at radius 2 is 0.915 bits per heavy atom. The molecule has 82 heavy (non-hydrogen) atoms. The zero-order valence-electron chi connectivity index (χ0n) is 49.6. The molecule has 0 bridgehead atoms. The van der Waals surface area contributed by atoms with Crippen LogP contribution in [0.25, 0.3) is 0 Å². The van der Waals surface area contributed by atoms with E-state index in [2.05, 4.69) is 56.5 Å². The van der Waals surface area contributed by atoms with E-state index in [1.54, 1.807) is 35.5 Å². The van der Waals surface area contributed by atoms with E-state index in [9.17, 15) is 18.6 Å². The molecule has 4 saturated heterocycles. The van der Waals surface area contributed by atoms with Gasteiger partial charge in [-0.2, -0.15) is 0 Å². The van der Waals surface area contributed by atoms with Crippen molar-refractivity contribution >= 4 is 28.6 Å². The van der Waals surface area contributed by atoms with Gasteiger partial charge in [-0.15, -0.1) is 0 Å². The van der Waals surface area contributed by atoms with Gasteiger partial charge in [0.05, 0.1) is 86.0 Å². The van der Waals surface area contributed by atoms with E-state index < -0.39 is 17.0 Å². The summed E-state index contributed by atoms with van der Waals surface area (Å²) in [6.45, 7) is 31.8. The Morgan fingerprint density at radius 1 is 0.537 bits per heavy atom. The maximum atomic E-state index is 12.5. The number of morpholine rings is 4. The molecule has 20 nitrogen and oxygen atoms in total. The minimum Gasteiger partial charge on any atom is -0.477 e. The van der Waals surface area contributed by atoms with Crippen molar-refractivity contribution in [3.63, 3.8) is 0 Å². The van der Waals surface area contributed by atoms with Crippen LogP contribution >= 0.6 is 0 Å². The third kappa shape index (κ3) is 25.3. The van der Waals surface area contributed by atoms with Crippen molar-refractivity contribution in [1.29, 1.82) is 0 Å². The minimum absolute atomic E-state index is 0.00139. The van der Waals surface area contributed by atoms with Crippen molar-refractivity contribution in [3.8, 4) is 0 Å². The molecule has 0 aromatic carbocycles. The molecule has 0 aliphatic carbocycles. The summed E-state index contributed by atoms with van der Waals surface area (Å²) >= 11 is 0. The van der Waals surface area contributed by atoms with Gasteiger partial charge in [-0.25, -0.2) is 18.7 Å². The number of carboxylic acid groups (broad SMARTS) is 1. The number of rotatable bonds is 16. The Bertz CT molecular complexity index is 2640. The third-order valence-corrected chi connectivity index (χ3v) is 15.2. The Kier molecular flexibility index (Phi) is 29.4. The predicted octanol–water partition coefficient (Wildman–Crippen LogP) is 6.56. The lowest BCUT2D eigenvalue weighted by molar-refractivity contribution is 0.0299. The van der Waals surface area contributed by atoms with Gasteiger partial charge >= 0.3 is 5.97 Å². The molecule has 5 aromatic rings. The number of Topliss-reactive ketones (excluding diaryl/α,β-unsaturated/α-hetero) is 1. The van der Waals surface area contributed by atoms with Gasteiger partial charge in [-0.1, -0.05) is 30.3 Å². The number of pyridine rings is 5. The quantitative estimate of drug-likeness (QED) is 0.0886. The number of hydrogen-bond acceptors (Lipinski definition) is 17. The van der Waals surface area contributed by atoms with Crippen LogP contribution in [0.5, 0.6) is 0 Å². The Labute approximate surface area is 488 Å². The zero-order chi connectivity index (χ0) is 59.3. The fourth-order valence-corrected chi connectivity index (χ4v) is 9.20. The number of aromatic nitrogens is 5. The van der Waals surface area contributed by atoms with Crippen molar-refractivity contribution in [2.75, 3.05) is 125 Å². The van der Waals surface area contributed by atoms with Gasteiger partial charge in [-0.3, -0.25) is 44.2 Å². The summed E-state index contributed by atoms with van der Waals surface area (Å²) in [6.07, 6.45) is 11.1. The molecule has 448 valence electrons. The molecule has 0 radical (unpaired) electrons. The number of carbonyl (C=O) groups excluding carboxylic acids is 2. The molecule has 21 heteroatoms. The second-order valence-corrected chi connectivity index (χ2v) is 23.7. The van der Waals surface area contributed by atoms with Crippen LogP contribution in [0.3, 0.4) is 0 Å². The van der Waals surface area contributed by atoms with Gasteiger partial charge in [0.25, 0.3) is 5.91 Å². The summed E-state index contributed by atoms with van der Waals surface area (Å²) in [4.78, 5) is 63.7. The number of aromatic carboxylic acids is 1. The molecule has 4 aliphatic rings. The van der Waals surface area contributed by atoms with E-state index in [-0.39, 0.29) is 34.2 Å². The van der Waals surface area contributed by atoms with Crippen molar-refractivity contribution in [3.05, 3.63) is 148 Å². The standard InChI is InChI=1S/C17H29N3O2S.C13H21N3O.C13H18N2O2.C11H14N2O2.C7H7NO2/c1-14-5-6-15(18-13-14)16(19-23(21)17(2,3)4)7-8-20-9-11-22-12-10-20;1-11-2-3-13(15-10-11)12(14)4-5-16-6-8-17-9-7-16;1-11-2-3-12(14-10-11)13(16)4-5-15-6-8-17-9-7-15;1-9-2-3-10(12-8-9)11(14)13-4-6-15-7-5-13;1-5-2-3-6(7(9)10)8-4-5/h5-6,13,16,19H,7-12H2,1-4H3;2-3,10,12H,4-9,14H2,1H3;2-3,10H,4-9H2,1H3;2-3,8H,4-7H2,1H3;2-4H,1H3,(H,9,10)/t16?,23-;;;;/m1..../s1. The Morgan fingerprint density at radius 3 is 1.32 bits per heavy atom. The minimum atomic E-state index is -1.11. The molecule has 0 saturated carbocycles. The molecule has 4 N–H and O–H groups in total. The molecule has 9 heterocycles. The van der Waals surface area contributed by atoms with Crippen LogP contribution in [-0.4, -0.2) is 201 Å². The van der Waals surface area contributed by atoms with Crippen LogP contribution in [0.4, 0.5) is 0 Å². The molecule has 4 aliphatic heterocycles. The van der Waals surface area contributed by atoms with E-state index in [1.165, 1.54) is 17.8 Å². The molecular weight excluding hydrogens is 1060 g/mol. The lowest BCUT2D eigenvalue weighted by Gasteiger charge is -2.29. The number of nitrogens with zero attached hydrogens (tertiary/aromatic N) is 9. The smallest absolute Gasteiger partial charge is 0.354 e. The SMILES string of the molecule is Cc1ccc(C(=O)CCN2CCOCC2)nc1.Cc1ccc(C(=O)N2CCOCC2)nc1.Cc1ccc(C(=O)O)nc1.Cc1ccc(C(CCN2CCOCC2)N[S@](=O)C(C)(C)C)nc1.Cc1ccc(C(N)CCN2CCOCC2)nc1. The molecule has 0 spiro atoms. The van der Waals surface area contributed by atoms with Crippen LogP contribution in [0.2, 0.25) is 0 Å². The fraction of sp³-hybridized carbons (Fsp3) is 0.541. The van der Waals surface area contributed by atoms with Crippen LogP contribution in [0, 0.1) is 34.6 Å². The van der Waals surface area contributed by atoms with Gasteiger partial charge in [-0.05, 0) is 126 Å². The average molecular weight is 1150 g/mol. The molecule has 3 atom stereocenters. The lowest BCUT2D eigenvalue weighted by atomic mass is 10.1. The van der Waals surface area contributed by atoms with E-state index in [1.807, 2.05) is 92.0 Å². The van der Waals surface area contributed by atoms with Crippen LogP contribution in [0.1, 0.15) is 123 Å². The number of amides is 1. The van der Waals surface area contributed by atoms with Crippen molar-refractivity contribution in [2.45, 2.75) is 91.5 Å². The molecule has 4 fully saturated rings. The highest BCUT2D eigenvalue weighted by atomic mass is 32.2. The third-order valence-electron chi connectivity index (χ3n) is 13.6. The van der Waals surface area contributed by atoms with Crippen molar-refractivity contribution in [2.24, 2.45) is 5.73 Å². The average Bonchev–Trinajstić information content (AvgIpc) is 3.50. The number of hydrogen-bond donors (Lipinski definition) is 3. The van der Waals surface area contributed by atoms with Crippen LogP contribution in [0.15, 0.2) is 91.6 Å². The van der Waals surface area contributed by atoms with E-state index >= 15 is 0 Å². The summed E-state index contributed by atoms with van der Waals surface area (Å²) in [6, 6.07) is 18.8. The topological polar surface area (TPSA) is 241 Å². The van der Waals surface area contributed by atoms with Gasteiger partial charge in [0.2, 0.25) is 0 Å². The first-order valence-corrected chi connectivity index (χ1v) is 29.6. The summed E-state index contributed by atoms with van der Waals surface area (Å²) in [5, 5.41) is 8.41. The van der Waals surface area contributed by atoms with Crippen LogP contribution < -0.4 is 10.5 Å². The van der Waals surface area contributed by atoms with E-state index in [4.69, 9.17) is 29.8 Å². The largest absolute Gasteiger partial charge is 0.477 e. The number of nitrogens with one attached hydrogen (secondary N) is 1. The number of ether oxygens (including phenoxy) is 4. The molecule has 1 amide bonds. The van der Waals surface area contributed by atoms with E-state index in [0.29, 0.717) is 44.1 Å². The van der Waals surface area contributed by atoms with Crippen molar-refractivity contribution in [1.82, 2.24) is 49.2 Å². The summed E-state index contributed by atoms with van der Waals surface area (Å²) in [7, 11) is -1.11. The number of carbonyl (C=O) groups is 3. The Balaban J connectivity index is 0.000000192. The number of nitrogens with two attached hydrogens (primary N) is 1. The maximum absolute atomic E-state index is 12.5. The summed E-state index contributed by atoms with van der Waals surface area (Å²) < 4.78 is 36.7. The zero-order valence-corrected chi connectivity index (χ0v) is 50.4. The van der Waals surface area contributed by atoms with Gasteiger partial charge in [0, 0.05) is 115 Å². The fourth-order valence-electron chi connectivity index (χ4n) is 8.35. The number of aryl methyl sites for hydroxylation is 5. The first-order valence-electron chi connectivity index (χ1n) is 28.4. The molecule has 9 rings (SSSR count). The second-order valence-electron chi connectivity index (χ2n) is 21.7. The van der Waals surface area contributed by atoms with Gasteiger partial charge < -0.3 is 34.7 Å². The second kappa shape index (κ2) is 36.0. The monoisotopic (exact) mass is 1150 g/mol. The highest BCUT2D eigenvalue weighted by Gasteiger charge is 2.26. The highest BCUT2D eigenvalue weighted by molar-refractivity contribution is 7.84. The predicted molar refractivity (Wildman–Crippen MR) is 319 cm³/mol. The Hall–Kier alpha value is -5.85. The summed E-state index contributed by atoms with van der Waals surface area (Å²) in [5.41, 5.74) is 14.7. The molecule has 2 unspecified atom stereocenters. The first-order chi connectivity index (χ1) is 39.3. The highest BCUT2D eigenvalue weighted by Crippen LogP contribution is 2.21. The molecular formula is C61H89N11O9S. The van der Waals surface area contributed by atoms with Crippen LogP contribution in [-0.2, 0) is 29.9 Å².